The lowest BCUT2D eigenvalue weighted by Crippen LogP contribution is -2.32. The topological polar surface area (TPSA) is 46.3 Å². The summed E-state index contributed by atoms with van der Waals surface area (Å²) in [6, 6.07) is 11.6. The normalized spacial score (nSPS) is 10.4. The maximum Gasteiger partial charge on any atom is 0.256 e. The van der Waals surface area contributed by atoms with E-state index in [0.29, 0.717) is 24.3 Å². The Morgan fingerprint density at radius 3 is 2.55 bits per heavy atom. The molecule has 2 aromatic rings. The maximum atomic E-state index is 12.6. The summed E-state index contributed by atoms with van der Waals surface area (Å²) in [4.78, 5) is 14.4. The zero-order valence-corrected chi connectivity index (χ0v) is 11.8. The van der Waals surface area contributed by atoms with Crippen LogP contribution in [-0.2, 0) is 0 Å². The third-order valence-electron chi connectivity index (χ3n) is 3.28. The number of nitrogens with two attached hydrogens (primary N) is 1. The van der Waals surface area contributed by atoms with Crippen LogP contribution in [0.3, 0.4) is 0 Å². The molecule has 0 bridgehead atoms. The van der Waals surface area contributed by atoms with Gasteiger partial charge in [-0.2, -0.15) is 0 Å². The van der Waals surface area contributed by atoms with Crippen LogP contribution in [0.15, 0.2) is 49.1 Å². The Morgan fingerprint density at radius 1 is 1.30 bits per heavy atom. The Hall–Kier alpha value is -2.29. The lowest BCUT2D eigenvalue weighted by Gasteiger charge is -2.21. The van der Waals surface area contributed by atoms with Crippen LogP contribution in [-0.4, -0.2) is 23.9 Å². The number of fused-ring (bicyclic) bond motifs is 1. The van der Waals surface area contributed by atoms with Crippen molar-refractivity contribution in [3.05, 3.63) is 54.6 Å². The van der Waals surface area contributed by atoms with Crippen LogP contribution in [0.25, 0.3) is 10.8 Å². The molecule has 0 saturated heterocycles. The van der Waals surface area contributed by atoms with E-state index in [2.05, 4.69) is 6.58 Å². The fraction of sp³-hybridized carbons (Fsp3) is 0.235. The molecule has 1 amide bonds. The van der Waals surface area contributed by atoms with Crippen molar-refractivity contribution in [3.8, 4) is 0 Å². The highest BCUT2D eigenvalue weighted by molar-refractivity contribution is 6.04. The minimum atomic E-state index is -0.0324. The molecular formula is C17H20N2O. The first kappa shape index (κ1) is 14.1. The Labute approximate surface area is 119 Å². The van der Waals surface area contributed by atoms with Gasteiger partial charge in [0.15, 0.2) is 0 Å². The molecule has 0 aromatic heterocycles. The van der Waals surface area contributed by atoms with Gasteiger partial charge in [0.2, 0.25) is 0 Å². The monoisotopic (exact) mass is 268 g/mol. The molecule has 2 N–H and O–H groups in total. The maximum absolute atomic E-state index is 12.6. The fourth-order valence-electron chi connectivity index (χ4n) is 2.31. The van der Waals surface area contributed by atoms with Crippen LogP contribution in [0.5, 0.6) is 0 Å². The summed E-state index contributed by atoms with van der Waals surface area (Å²) in [6.07, 6.45) is 2.65. The van der Waals surface area contributed by atoms with Crippen molar-refractivity contribution in [2.75, 3.05) is 18.8 Å². The highest BCUT2D eigenvalue weighted by Crippen LogP contribution is 2.23. The molecular weight excluding hydrogens is 248 g/mol. The Morgan fingerprint density at radius 2 is 1.95 bits per heavy atom. The molecule has 0 saturated carbocycles. The van der Waals surface area contributed by atoms with E-state index < -0.39 is 0 Å². The molecule has 0 aliphatic rings. The third kappa shape index (κ3) is 2.82. The number of nitrogen functional groups attached to an aromatic ring is 1. The number of carbonyl (C=O) groups excluding carboxylic acids is 1. The number of rotatable bonds is 5. The van der Waals surface area contributed by atoms with Gasteiger partial charge < -0.3 is 10.6 Å². The van der Waals surface area contributed by atoms with Gasteiger partial charge in [-0.1, -0.05) is 37.3 Å². The van der Waals surface area contributed by atoms with Crippen LogP contribution >= 0.6 is 0 Å². The van der Waals surface area contributed by atoms with E-state index in [9.17, 15) is 4.79 Å². The van der Waals surface area contributed by atoms with E-state index in [1.807, 2.05) is 43.3 Å². The molecule has 0 unspecified atom stereocenters. The molecule has 0 aliphatic heterocycles. The second kappa shape index (κ2) is 6.24. The van der Waals surface area contributed by atoms with Gasteiger partial charge in [0.1, 0.15) is 0 Å². The molecule has 0 fully saturated rings. The van der Waals surface area contributed by atoms with Gasteiger partial charge in [0.25, 0.3) is 5.91 Å². The zero-order chi connectivity index (χ0) is 14.5. The number of hydrogen-bond acceptors (Lipinski definition) is 2. The van der Waals surface area contributed by atoms with Gasteiger partial charge in [0.05, 0.1) is 5.56 Å². The number of carbonyl (C=O) groups is 1. The number of benzene rings is 2. The molecule has 0 aliphatic carbocycles. The van der Waals surface area contributed by atoms with Crippen molar-refractivity contribution in [3.63, 3.8) is 0 Å². The average molecular weight is 268 g/mol. The lowest BCUT2D eigenvalue weighted by atomic mass is 10.0. The highest BCUT2D eigenvalue weighted by atomic mass is 16.2. The Kier molecular flexibility index (Phi) is 4.41. The smallest absolute Gasteiger partial charge is 0.256 e. The van der Waals surface area contributed by atoms with E-state index in [1.165, 1.54) is 0 Å². The van der Waals surface area contributed by atoms with Crippen LogP contribution in [0, 0.1) is 0 Å². The summed E-state index contributed by atoms with van der Waals surface area (Å²) in [6.45, 7) is 7.00. The van der Waals surface area contributed by atoms with E-state index in [4.69, 9.17) is 5.73 Å². The van der Waals surface area contributed by atoms with Gasteiger partial charge in [-0.3, -0.25) is 4.79 Å². The zero-order valence-electron chi connectivity index (χ0n) is 11.8. The minimum absolute atomic E-state index is 0.0324. The number of nitrogens with zero attached hydrogens (tertiary/aromatic N) is 1. The van der Waals surface area contributed by atoms with Crippen molar-refractivity contribution >= 4 is 22.4 Å². The minimum Gasteiger partial charge on any atom is -0.398 e. The number of anilines is 1. The molecule has 20 heavy (non-hydrogen) atoms. The summed E-state index contributed by atoms with van der Waals surface area (Å²) in [5.41, 5.74) is 7.14. The Balaban J connectivity index is 2.42. The average Bonchev–Trinajstić information content (AvgIpc) is 2.45. The molecule has 3 heteroatoms. The van der Waals surface area contributed by atoms with E-state index >= 15 is 0 Å². The SMILES string of the molecule is C=CCN(CCC)C(=O)c1cc2ccccc2cc1N. The fourth-order valence-corrected chi connectivity index (χ4v) is 2.31. The quantitative estimate of drug-likeness (QED) is 0.666. The predicted molar refractivity (Wildman–Crippen MR) is 84.8 cm³/mol. The first-order valence-corrected chi connectivity index (χ1v) is 6.85. The highest BCUT2D eigenvalue weighted by Gasteiger charge is 2.17. The van der Waals surface area contributed by atoms with Crippen molar-refractivity contribution in [1.82, 2.24) is 4.90 Å². The van der Waals surface area contributed by atoms with Crippen LogP contribution < -0.4 is 5.73 Å². The standard InChI is InChI=1S/C17H20N2O/c1-3-9-19(10-4-2)17(20)15-11-13-7-5-6-8-14(13)12-16(15)18/h3,5-8,11-12H,1,4,9-10,18H2,2H3. The second-order valence-electron chi connectivity index (χ2n) is 4.83. The van der Waals surface area contributed by atoms with Crippen molar-refractivity contribution in [2.24, 2.45) is 0 Å². The predicted octanol–water partition coefficient (Wildman–Crippen LogP) is 3.46. The number of amides is 1. The summed E-state index contributed by atoms with van der Waals surface area (Å²) < 4.78 is 0. The molecule has 104 valence electrons. The summed E-state index contributed by atoms with van der Waals surface area (Å²) in [5, 5.41) is 2.08. The molecule has 0 spiro atoms. The molecule has 2 rings (SSSR count). The van der Waals surface area contributed by atoms with Gasteiger partial charge in [-0.05, 0) is 29.3 Å². The van der Waals surface area contributed by atoms with Crippen molar-refractivity contribution in [2.45, 2.75) is 13.3 Å². The van der Waals surface area contributed by atoms with Gasteiger partial charge in [-0.25, -0.2) is 0 Å². The molecule has 0 heterocycles. The summed E-state index contributed by atoms with van der Waals surface area (Å²) in [7, 11) is 0. The van der Waals surface area contributed by atoms with Crippen LogP contribution in [0.1, 0.15) is 23.7 Å². The summed E-state index contributed by atoms with van der Waals surface area (Å²) in [5.74, 6) is -0.0324. The lowest BCUT2D eigenvalue weighted by molar-refractivity contribution is 0.0775. The van der Waals surface area contributed by atoms with Crippen molar-refractivity contribution in [1.29, 1.82) is 0 Å². The van der Waals surface area contributed by atoms with E-state index in [1.54, 1.807) is 11.0 Å². The van der Waals surface area contributed by atoms with Crippen LogP contribution in [0.4, 0.5) is 5.69 Å². The van der Waals surface area contributed by atoms with Gasteiger partial charge in [-0.15, -0.1) is 6.58 Å². The van der Waals surface area contributed by atoms with Crippen LogP contribution in [0.2, 0.25) is 0 Å². The summed E-state index contributed by atoms with van der Waals surface area (Å²) >= 11 is 0. The third-order valence-corrected chi connectivity index (χ3v) is 3.28. The molecule has 2 aromatic carbocycles. The first-order chi connectivity index (χ1) is 9.67. The number of hydrogen-bond donors (Lipinski definition) is 1. The van der Waals surface area contributed by atoms with Gasteiger partial charge >= 0.3 is 0 Å². The van der Waals surface area contributed by atoms with Crippen molar-refractivity contribution < 1.29 is 4.79 Å². The molecule has 0 radical (unpaired) electrons. The second-order valence-corrected chi connectivity index (χ2v) is 4.83. The Bertz CT molecular complexity index is 634. The van der Waals surface area contributed by atoms with E-state index in [-0.39, 0.29) is 5.91 Å². The largest absolute Gasteiger partial charge is 0.398 e. The van der Waals surface area contributed by atoms with Gasteiger partial charge in [0, 0.05) is 18.8 Å². The first-order valence-electron chi connectivity index (χ1n) is 6.85. The molecule has 0 atom stereocenters. The molecule has 3 nitrogen and oxygen atoms in total. The van der Waals surface area contributed by atoms with E-state index in [0.717, 1.165) is 17.2 Å².